The molecule has 0 bridgehead atoms. The number of hydrogen-bond acceptors (Lipinski definition) is 5. The zero-order chi connectivity index (χ0) is 13.9. The van der Waals surface area contributed by atoms with Crippen LogP contribution in [0, 0.1) is 0 Å². The summed E-state index contributed by atoms with van der Waals surface area (Å²) in [6, 6.07) is 0.117. The fraction of sp³-hybridized carbons (Fsp3) is 0.818. The molecular formula is C11H19NO5S. The highest BCUT2D eigenvalue weighted by Gasteiger charge is 2.36. The van der Waals surface area contributed by atoms with Crippen molar-refractivity contribution in [2.45, 2.75) is 49.7 Å². The van der Waals surface area contributed by atoms with Crippen molar-refractivity contribution in [1.29, 1.82) is 0 Å². The highest BCUT2D eigenvalue weighted by molar-refractivity contribution is 7.93. The number of carbonyl (C=O) groups excluding carboxylic acids is 2. The monoisotopic (exact) mass is 277 g/mol. The minimum atomic E-state index is -3.67. The van der Waals surface area contributed by atoms with Gasteiger partial charge in [0.05, 0.1) is 18.8 Å². The number of amides is 1. The molecule has 104 valence electrons. The van der Waals surface area contributed by atoms with Gasteiger partial charge in [-0.15, -0.1) is 0 Å². The maximum Gasteiger partial charge on any atom is 0.306 e. The molecule has 18 heavy (non-hydrogen) atoms. The average Bonchev–Trinajstić information content (AvgIpc) is 3.11. The fourth-order valence-corrected chi connectivity index (χ4v) is 2.91. The Morgan fingerprint density at radius 3 is 2.33 bits per heavy atom. The van der Waals surface area contributed by atoms with Gasteiger partial charge in [-0.25, -0.2) is 8.42 Å². The Balaban J connectivity index is 2.65. The first-order valence-electron chi connectivity index (χ1n) is 5.89. The van der Waals surface area contributed by atoms with Gasteiger partial charge in [0, 0.05) is 6.04 Å². The van der Waals surface area contributed by atoms with Crippen molar-refractivity contribution in [2.75, 3.05) is 7.11 Å². The van der Waals surface area contributed by atoms with Gasteiger partial charge >= 0.3 is 5.97 Å². The van der Waals surface area contributed by atoms with E-state index >= 15 is 0 Å². The third-order valence-corrected chi connectivity index (χ3v) is 5.52. The summed E-state index contributed by atoms with van der Waals surface area (Å²) < 4.78 is 28.5. The molecule has 0 saturated heterocycles. The summed E-state index contributed by atoms with van der Waals surface area (Å²) in [5.74, 6) is -1.09. The molecule has 0 aromatic rings. The molecule has 0 aliphatic heterocycles. The first kappa shape index (κ1) is 14.9. The Bertz CT molecular complexity index is 427. The standard InChI is InChI=1S/C11H19NO5S/c1-7(6-10(13)17-3)18(15,16)8(2)11(14)12-9-4-5-9/h7-9H,4-6H2,1-3H3,(H,12,14). The summed E-state index contributed by atoms with van der Waals surface area (Å²) >= 11 is 0. The van der Waals surface area contributed by atoms with Gasteiger partial charge in [-0.2, -0.15) is 0 Å². The first-order chi connectivity index (χ1) is 8.28. The van der Waals surface area contributed by atoms with Crippen LogP contribution in [0.1, 0.15) is 33.1 Å². The molecule has 6 nitrogen and oxygen atoms in total. The molecule has 7 heteroatoms. The molecule has 1 amide bonds. The van der Waals surface area contributed by atoms with E-state index in [4.69, 9.17) is 0 Å². The van der Waals surface area contributed by atoms with Crippen molar-refractivity contribution in [3.63, 3.8) is 0 Å². The fourth-order valence-electron chi connectivity index (χ4n) is 1.48. The van der Waals surface area contributed by atoms with E-state index in [0.717, 1.165) is 12.8 Å². The number of methoxy groups -OCH3 is 1. The van der Waals surface area contributed by atoms with Crippen LogP contribution in [-0.4, -0.2) is 43.9 Å². The number of hydrogen-bond donors (Lipinski definition) is 1. The summed E-state index contributed by atoms with van der Waals surface area (Å²) in [7, 11) is -2.47. The third-order valence-electron chi connectivity index (χ3n) is 3.03. The largest absolute Gasteiger partial charge is 0.469 e. The molecule has 0 radical (unpaired) electrons. The van der Waals surface area contributed by atoms with Gasteiger partial charge in [-0.05, 0) is 26.7 Å². The lowest BCUT2D eigenvalue weighted by molar-refractivity contribution is -0.140. The molecule has 0 spiro atoms. The number of rotatable bonds is 6. The Labute approximate surface area is 107 Å². The maximum atomic E-state index is 12.1. The molecule has 0 aromatic carbocycles. The molecule has 0 aromatic heterocycles. The van der Waals surface area contributed by atoms with Gasteiger partial charge in [0.1, 0.15) is 5.25 Å². The van der Waals surface area contributed by atoms with E-state index in [0.29, 0.717) is 0 Å². The number of ether oxygens (including phenoxy) is 1. The maximum absolute atomic E-state index is 12.1. The molecule has 1 saturated carbocycles. The lowest BCUT2D eigenvalue weighted by Crippen LogP contribution is -2.42. The van der Waals surface area contributed by atoms with E-state index in [1.165, 1.54) is 21.0 Å². The molecule has 1 N–H and O–H groups in total. The lowest BCUT2D eigenvalue weighted by atomic mass is 10.3. The summed E-state index contributed by atoms with van der Waals surface area (Å²) in [5, 5.41) is 0.581. The van der Waals surface area contributed by atoms with Crippen LogP contribution >= 0.6 is 0 Å². The van der Waals surface area contributed by atoms with E-state index in [-0.39, 0.29) is 12.5 Å². The Morgan fingerprint density at radius 2 is 1.89 bits per heavy atom. The first-order valence-corrected chi connectivity index (χ1v) is 7.50. The van der Waals surface area contributed by atoms with Crippen LogP contribution in [0.2, 0.25) is 0 Å². The molecule has 1 fully saturated rings. The minimum Gasteiger partial charge on any atom is -0.469 e. The second-order valence-electron chi connectivity index (χ2n) is 4.60. The summed E-state index contributed by atoms with van der Waals surface area (Å²) in [6.45, 7) is 2.76. The zero-order valence-corrected chi connectivity index (χ0v) is 11.6. The van der Waals surface area contributed by atoms with Crippen molar-refractivity contribution in [2.24, 2.45) is 0 Å². The Hall–Kier alpha value is -1.11. The van der Waals surface area contributed by atoms with Gasteiger partial charge in [-0.3, -0.25) is 9.59 Å². The van der Waals surface area contributed by atoms with Crippen LogP contribution in [0.25, 0.3) is 0 Å². The molecule has 0 heterocycles. The van der Waals surface area contributed by atoms with Crippen LogP contribution in [0.4, 0.5) is 0 Å². The Kier molecular flexibility index (Phi) is 4.72. The molecule has 1 aliphatic carbocycles. The zero-order valence-electron chi connectivity index (χ0n) is 10.8. The van der Waals surface area contributed by atoms with E-state index in [1.54, 1.807) is 0 Å². The molecular weight excluding hydrogens is 258 g/mol. The average molecular weight is 277 g/mol. The molecule has 2 atom stereocenters. The van der Waals surface area contributed by atoms with Crippen LogP contribution in [0.5, 0.6) is 0 Å². The van der Waals surface area contributed by atoms with Gasteiger partial charge in [-0.1, -0.05) is 0 Å². The normalized spacial score (nSPS) is 18.8. The predicted molar refractivity (Wildman–Crippen MR) is 65.6 cm³/mol. The minimum absolute atomic E-state index is 0.117. The second-order valence-corrected chi connectivity index (χ2v) is 7.29. The van der Waals surface area contributed by atoms with E-state index in [9.17, 15) is 18.0 Å². The van der Waals surface area contributed by atoms with Gasteiger partial charge in [0.2, 0.25) is 5.91 Å². The van der Waals surface area contributed by atoms with Crippen LogP contribution in [0.15, 0.2) is 0 Å². The highest BCUT2D eigenvalue weighted by atomic mass is 32.2. The number of esters is 1. The molecule has 1 aliphatic rings. The second kappa shape index (κ2) is 5.69. The summed E-state index contributed by atoms with van der Waals surface area (Å²) in [6.07, 6.45) is 1.56. The number of sulfone groups is 1. The Morgan fingerprint density at radius 1 is 1.33 bits per heavy atom. The van der Waals surface area contributed by atoms with Gasteiger partial charge in [0.25, 0.3) is 0 Å². The smallest absolute Gasteiger partial charge is 0.306 e. The van der Waals surface area contributed by atoms with Crippen molar-refractivity contribution < 1.29 is 22.7 Å². The van der Waals surface area contributed by atoms with Gasteiger partial charge < -0.3 is 10.1 Å². The van der Waals surface area contributed by atoms with Crippen LogP contribution in [-0.2, 0) is 24.2 Å². The van der Waals surface area contributed by atoms with Crippen LogP contribution in [0.3, 0.4) is 0 Å². The summed E-state index contributed by atoms with van der Waals surface area (Å²) in [5.41, 5.74) is 0. The van der Waals surface area contributed by atoms with Crippen LogP contribution < -0.4 is 5.32 Å². The third kappa shape index (κ3) is 3.69. The molecule has 2 unspecified atom stereocenters. The van der Waals surface area contributed by atoms with E-state index in [2.05, 4.69) is 10.1 Å². The summed E-state index contributed by atoms with van der Waals surface area (Å²) in [4.78, 5) is 22.8. The predicted octanol–water partition coefficient (Wildman–Crippen LogP) is 0.0199. The topological polar surface area (TPSA) is 89.5 Å². The van der Waals surface area contributed by atoms with Gasteiger partial charge in [0.15, 0.2) is 9.84 Å². The lowest BCUT2D eigenvalue weighted by Gasteiger charge is -2.17. The SMILES string of the molecule is COC(=O)CC(C)S(=O)(=O)C(C)C(=O)NC1CC1. The van der Waals surface area contributed by atoms with Crippen molar-refractivity contribution in [3.8, 4) is 0 Å². The van der Waals surface area contributed by atoms with Crippen molar-refractivity contribution >= 4 is 21.7 Å². The van der Waals surface area contributed by atoms with Crippen molar-refractivity contribution in [1.82, 2.24) is 5.32 Å². The quantitative estimate of drug-likeness (QED) is 0.691. The van der Waals surface area contributed by atoms with E-state index in [1.807, 2.05) is 0 Å². The van der Waals surface area contributed by atoms with E-state index < -0.39 is 32.2 Å². The number of carbonyl (C=O) groups is 2. The molecule has 1 rings (SSSR count). The van der Waals surface area contributed by atoms with Crippen molar-refractivity contribution in [3.05, 3.63) is 0 Å². The highest BCUT2D eigenvalue weighted by Crippen LogP contribution is 2.20. The number of nitrogens with one attached hydrogen (secondary N) is 1.